The van der Waals surface area contributed by atoms with Crippen LogP contribution < -0.4 is 10.1 Å². The van der Waals surface area contributed by atoms with Crippen molar-refractivity contribution in [1.82, 2.24) is 5.32 Å². The predicted molar refractivity (Wildman–Crippen MR) is 65.2 cm³/mol. The van der Waals surface area contributed by atoms with Gasteiger partial charge >= 0.3 is 0 Å². The Balaban J connectivity index is 2.40. The fourth-order valence-corrected chi connectivity index (χ4v) is 2.69. The summed E-state index contributed by atoms with van der Waals surface area (Å²) < 4.78 is 19.9. The van der Waals surface area contributed by atoms with Crippen LogP contribution in [0, 0.1) is 5.82 Å². The summed E-state index contributed by atoms with van der Waals surface area (Å²) in [6.07, 6.45) is 3.25. The standard InChI is InChI=1S/C12H15BrFNO/c1-16-12-8(13)5-6-9(14)11(12)10-4-2-3-7-15-10/h5-6,10,15H,2-4,7H2,1H3. The SMILES string of the molecule is COc1c(Br)ccc(F)c1C1CCCCN1. The van der Waals surface area contributed by atoms with Crippen molar-refractivity contribution in [2.45, 2.75) is 25.3 Å². The van der Waals surface area contributed by atoms with Gasteiger partial charge in [-0.2, -0.15) is 0 Å². The smallest absolute Gasteiger partial charge is 0.140 e. The molecule has 2 nitrogen and oxygen atoms in total. The number of nitrogens with one attached hydrogen (secondary N) is 1. The van der Waals surface area contributed by atoms with Crippen LogP contribution in [-0.4, -0.2) is 13.7 Å². The summed E-state index contributed by atoms with van der Waals surface area (Å²) in [7, 11) is 1.58. The van der Waals surface area contributed by atoms with Crippen LogP contribution in [0.1, 0.15) is 30.9 Å². The molecule has 1 saturated heterocycles. The van der Waals surface area contributed by atoms with Crippen LogP contribution >= 0.6 is 15.9 Å². The van der Waals surface area contributed by atoms with Crippen LogP contribution in [0.5, 0.6) is 5.75 Å². The van der Waals surface area contributed by atoms with Gasteiger partial charge in [0, 0.05) is 11.6 Å². The Kier molecular flexibility index (Phi) is 3.82. The molecule has 0 aliphatic carbocycles. The van der Waals surface area contributed by atoms with Gasteiger partial charge in [-0.25, -0.2) is 4.39 Å². The van der Waals surface area contributed by atoms with E-state index in [0.717, 1.165) is 30.3 Å². The third-order valence-corrected chi connectivity index (χ3v) is 3.58. The van der Waals surface area contributed by atoms with E-state index in [1.54, 1.807) is 13.2 Å². The predicted octanol–water partition coefficient (Wildman–Crippen LogP) is 3.41. The fraction of sp³-hybridized carbons (Fsp3) is 0.500. The quantitative estimate of drug-likeness (QED) is 0.900. The highest BCUT2D eigenvalue weighted by molar-refractivity contribution is 9.10. The van der Waals surface area contributed by atoms with E-state index in [1.807, 2.05) is 0 Å². The normalized spacial score (nSPS) is 20.8. The van der Waals surface area contributed by atoms with Crippen LogP contribution in [-0.2, 0) is 0 Å². The summed E-state index contributed by atoms with van der Waals surface area (Å²) >= 11 is 3.39. The van der Waals surface area contributed by atoms with E-state index in [1.165, 1.54) is 6.07 Å². The largest absolute Gasteiger partial charge is 0.495 e. The third-order valence-electron chi connectivity index (χ3n) is 2.96. The van der Waals surface area contributed by atoms with Gasteiger partial charge in [0.25, 0.3) is 0 Å². The molecule has 4 heteroatoms. The van der Waals surface area contributed by atoms with E-state index in [2.05, 4.69) is 21.2 Å². The fourth-order valence-electron chi connectivity index (χ4n) is 2.18. The van der Waals surface area contributed by atoms with Crippen molar-refractivity contribution in [2.75, 3.05) is 13.7 Å². The molecule has 0 spiro atoms. The highest BCUT2D eigenvalue weighted by Gasteiger charge is 2.23. The summed E-state index contributed by atoms with van der Waals surface area (Å²) in [5.41, 5.74) is 0.650. The first-order chi connectivity index (χ1) is 7.74. The lowest BCUT2D eigenvalue weighted by molar-refractivity contribution is 0.360. The Labute approximate surface area is 103 Å². The van der Waals surface area contributed by atoms with Gasteiger partial charge in [0.2, 0.25) is 0 Å². The van der Waals surface area contributed by atoms with Crippen LogP contribution in [0.25, 0.3) is 0 Å². The molecule has 0 bridgehead atoms. The van der Waals surface area contributed by atoms with Crippen molar-refractivity contribution in [1.29, 1.82) is 0 Å². The molecule has 1 unspecified atom stereocenters. The molecule has 0 radical (unpaired) electrons. The van der Waals surface area contributed by atoms with Gasteiger partial charge in [-0.05, 0) is 47.4 Å². The second kappa shape index (κ2) is 5.15. The minimum atomic E-state index is -0.195. The Morgan fingerprint density at radius 1 is 1.44 bits per heavy atom. The molecular formula is C12H15BrFNO. The summed E-state index contributed by atoms with van der Waals surface area (Å²) in [6, 6.07) is 3.24. The maximum Gasteiger partial charge on any atom is 0.140 e. The van der Waals surface area contributed by atoms with Gasteiger partial charge in [0.15, 0.2) is 0 Å². The Morgan fingerprint density at radius 3 is 2.88 bits per heavy atom. The molecule has 2 rings (SSSR count). The molecule has 1 fully saturated rings. The zero-order valence-electron chi connectivity index (χ0n) is 9.22. The Hall–Kier alpha value is -0.610. The first kappa shape index (κ1) is 11.9. The molecule has 1 N–H and O–H groups in total. The first-order valence-corrected chi connectivity index (χ1v) is 6.28. The number of piperidine rings is 1. The van der Waals surface area contributed by atoms with Crippen molar-refractivity contribution < 1.29 is 9.13 Å². The highest BCUT2D eigenvalue weighted by atomic mass is 79.9. The minimum Gasteiger partial charge on any atom is -0.495 e. The molecule has 0 aromatic heterocycles. The molecule has 1 aromatic carbocycles. The monoisotopic (exact) mass is 287 g/mol. The lowest BCUT2D eigenvalue weighted by atomic mass is 9.96. The van der Waals surface area contributed by atoms with Crippen LogP contribution in [0.4, 0.5) is 4.39 Å². The van der Waals surface area contributed by atoms with Crippen LogP contribution in [0.3, 0.4) is 0 Å². The average Bonchev–Trinajstić information content (AvgIpc) is 2.33. The maximum atomic E-state index is 13.9. The third kappa shape index (κ3) is 2.23. The van der Waals surface area contributed by atoms with Crippen molar-refractivity contribution in [3.8, 4) is 5.75 Å². The number of halogens is 2. The summed E-state index contributed by atoms with van der Waals surface area (Å²) in [5.74, 6) is 0.416. The molecule has 0 saturated carbocycles. The molecule has 0 amide bonds. The second-order valence-electron chi connectivity index (χ2n) is 3.98. The van der Waals surface area contributed by atoms with Gasteiger partial charge < -0.3 is 10.1 Å². The summed E-state index contributed by atoms with van der Waals surface area (Å²) in [4.78, 5) is 0. The number of hydrogen-bond acceptors (Lipinski definition) is 2. The van der Waals surface area contributed by atoms with Crippen molar-refractivity contribution in [3.05, 3.63) is 28.0 Å². The molecule has 1 aliphatic heterocycles. The van der Waals surface area contributed by atoms with Gasteiger partial charge in [-0.1, -0.05) is 6.42 Å². The van der Waals surface area contributed by atoms with E-state index >= 15 is 0 Å². The molecule has 16 heavy (non-hydrogen) atoms. The summed E-state index contributed by atoms with van der Waals surface area (Å²) in [5, 5.41) is 3.34. The number of ether oxygens (including phenoxy) is 1. The number of benzene rings is 1. The highest BCUT2D eigenvalue weighted by Crippen LogP contribution is 2.37. The maximum absolute atomic E-state index is 13.9. The first-order valence-electron chi connectivity index (χ1n) is 5.49. The van der Waals surface area contributed by atoms with E-state index < -0.39 is 0 Å². The second-order valence-corrected chi connectivity index (χ2v) is 4.83. The Bertz CT molecular complexity index is 378. The molecule has 88 valence electrons. The number of rotatable bonds is 2. The minimum absolute atomic E-state index is 0.0706. The van der Waals surface area contributed by atoms with Crippen molar-refractivity contribution in [3.63, 3.8) is 0 Å². The zero-order valence-corrected chi connectivity index (χ0v) is 10.8. The van der Waals surface area contributed by atoms with Crippen LogP contribution in [0.2, 0.25) is 0 Å². The lowest BCUT2D eigenvalue weighted by Crippen LogP contribution is -2.28. The van der Waals surface area contributed by atoms with Crippen molar-refractivity contribution in [2.24, 2.45) is 0 Å². The molecule has 1 heterocycles. The van der Waals surface area contributed by atoms with Crippen LogP contribution in [0.15, 0.2) is 16.6 Å². The Morgan fingerprint density at radius 2 is 2.25 bits per heavy atom. The topological polar surface area (TPSA) is 21.3 Å². The van der Waals surface area contributed by atoms with E-state index in [-0.39, 0.29) is 11.9 Å². The van der Waals surface area contributed by atoms with E-state index in [9.17, 15) is 4.39 Å². The lowest BCUT2D eigenvalue weighted by Gasteiger charge is -2.26. The molecule has 1 aromatic rings. The van der Waals surface area contributed by atoms with Gasteiger partial charge in [0.05, 0.1) is 11.6 Å². The number of methoxy groups -OCH3 is 1. The van der Waals surface area contributed by atoms with E-state index in [4.69, 9.17) is 4.74 Å². The molecule has 1 aliphatic rings. The number of hydrogen-bond donors (Lipinski definition) is 1. The molecular weight excluding hydrogens is 273 g/mol. The van der Waals surface area contributed by atoms with E-state index in [0.29, 0.717) is 11.3 Å². The van der Waals surface area contributed by atoms with Crippen molar-refractivity contribution >= 4 is 15.9 Å². The molecule has 1 atom stereocenters. The zero-order chi connectivity index (χ0) is 11.5. The van der Waals surface area contributed by atoms with Gasteiger partial charge in [0.1, 0.15) is 11.6 Å². The summed E-state index contributed by atoms with van der Waals surface area (Å²) in [6.45, 7) is 0.944. The van der Waals surface area contributed by atoms with Gasteiger partial charge in [-0.3, -0.25) is 0 Å². The average molecular weight is 288 g/mol. The van der Waals surface area contributed by atoms with Gasteiger partial charge in [-0.15, -0.1) is 0 Å².